The van der Waals surface area contributed by atoms with Crippen molar-refractivity contribution < 1.29 is 19.1 Å². The highest BCUT2D eigenvalue weighted by Crippen LogP contribution is 2.29. The Morgan fingerprint density at radius 2 is 1.89 bits per heavy atom. The molecule has 2 aliphatic rings. The molecule has 0 aromatic carbocycles. The van der Waals surface area contributed by atoms with Crippen molar-refractivity contribution in [1.82, 2.24) is 19.4 Å². The van der Waals surface area contributed by atoms with Gasteiger partial charge in [-0.15, -0.1) is 0 Å². The van der Waals surface area contributed by atoms with Crippen LogP contribution in [-0.4, -0.2) is 84.8 Å². The summed E-state index contributed by atoms with van der Waals surface area (Å²) in [4.78, 5) is 33.1. The first kappa shape index (κ1) is 19.8. The van der Waals surface area contributed by atoms with Crippen LogP contribution in [0.5, 0.6) is 0 Å². The number of rotatable bonds is 8. The van der Waals surface area contributed by atoms with Gasteiger partial charge in [0, 0.05) is 71.7 Å². The Morgan fingerprint density at radius 1 is 1.19 bits per heavy atom. The summed E-state index contributed by atoms with van der Waals surface area (Å²) in [6, 6.07) is 0. The quantitative estimate of drug-likeness (QED) is 0.667. The Hall–Kier alpha value is -1.93. The molecule has 2 aliphatic heterocycles. The van der Waals surface area contributed by atoms with Crippen LogP contribution in [0, 0.1) is 5.92 Å². The zero-order valence-corrected chi connectivity index (χ0v) is 16.3. The fourth-order valence-corrected chi connectivity index (χ4v) is 4.03. The third-order valence-electron chi connectivity index (χ3n) is 5.58. The zero-order valence-electron chi connectivity index (χ0n) is 16.3. The number of hydrogen-bond donors (Lipinski definition) is 0. The number of methoxy groups -OCH3 is 2. The minimum atomic E-state index is -0.213. The number of carbonyl (C=O) groups is 2. The molecular formula is C19H30N4O4. The van der Waals surface area contributed by atoms with Crippen molar-refractivity contribution in [3.63, 3.8) is 0 Å². The zero-order chi connectivity index (χ0) is 19.2. The Kier molecular flexibility index (Phi) is 6.84. The molecular weight excluding hydrogens is 348 g/mol. The van der Waals surface area contributed by atoms with Crippen LogP contribution in [0.1, 0.15) is 31.0 Å². The monoisotopic (exact) mass is 378 g/mol. The summed E-state index contributed by atoms with van der Waals surface area (Å²) in [5.41, 5.74) is 0. The molecule has 0 aliphatic carbocycles. The molecule has 2 fully saturated rings. The maximum atomic E-state index is 12.8. The topological polar surface area (TPSA) is 76.9 Å². The summed E-state index contributed by atoms with van der Waals surface area (Å²) in [5.74, 6) is 1.41. The normalized spacial score (nSPS) is 21.3. The van der Waals surface area contributed by atoms with Crippen LogP contribution in [0.4, 0.5) is 0 Å². The van der Waals surface area contributed by atoms with E-state index in [0.717, 1.165) is 38.3 Å². The van der Waals surface area contributed by atoms with E-state index in [1.165, 1.54) is 0 Å². The van der Waals surface area contributed by atoms with E-state index in [9.17, 15) is 9.59 Å². The lowest BCUT2D eigenvalue weighted by atomic mass is 9.94. The number of likely N-dealkylation sites (tertiary alicyclic amines) is 2. The Bertz CT molecular complexity index is 639. The largest absolute Gasteiger partial charge is 0.383 e. The number of piperidine rings is 1. The number of imidazole rings is 1. The van der Waals surface area contributed by atoms with Crippen LogP contribution in [0.25, 0.3) is 0 Å². The van der Waals surface area contributed by atoms with Gasteiger partial charge >= 0.3 is 0 Å². The van der Waals surface area contributed by atoms with Crippen LogP contribution in [-0.2, 0) is 25.6 Å². The van der Waals surface area contributed by atoms with Crippen molar-refractivity contribution in [1.29, 1.82) is 0 Å². The number of ether oxygens (including phenoxy) is 2. The van der Waals surface area contributed by atoms with Gasteiger partial charge in [-0.1, -0.05) is 0 Å². The van der Waals surface area contributed by atoms with Gasteiger partial charge in [-0.05, 0) is 12.8 Å². The molecule has 8 heteroatoms. The lowest BCUT2D eigenvalue weighted by Gasteiger charge is -2.33. The summed E-state index contributed by atoms with van der Waals surface area (Å²) >= 11 is 0. The molecule has 1 aromatic rings. The Balaban J connectivity index is 1.51. The smallest absolute Gasteiger partial charge is 0.227 e. The van der Waals surface area contributed by atoms with E-state index in [1.54, 1.807) is 19.1 Å². The van der Waals surface area contributed by atoms with Gasteiger partial charge in [0.2, 0.25) is 11.8 Å². The minimum Gasteiger partial charge on any atom is -0.383 e. The highest BCUT2D eigenvalue weighted by atomic mass is 16.5. The van der Waals surface area contributed by atoms with Crippen LogP contribution in [0.15, 0.2) is 12.4 Å². The third-order valence-corrected chi connectivity index (χ3v) is 5.58. The maximum Gasteiger partial charge on any atom is 0.227 e. The van der Waals surface area contributed by atoms with Crippen LogP contribution in [0.2, 0.25) is 0 Å². The molecule has 1 atom stereocenters. The molecule has 0 unspecified atom stereocenters. The molecule has 0 radical (unpaired) electrons. The number of hydrogen-bond acceptors (Lipinski definition) is 5. The Labute approximate surface area is 160 Å². The first-order valence-corrected chi connectivity index (χ1v) is 9.69. The van der Waals surface area contributed by atoms with E-state index in [2.05, 4.69) is 9.55 Å². The number of carbonyl (C=O) groups excluding carboxylic acids is 2. The van der Waals surface area contributed by atoms with Crippen LogP contribution in [0.3, 0.4) is 0 Å². The SMILES string of the molecule is COCCN1C[C@H](C(=O)N2CCC(c3nccn3CCOC)CC2)CC1=O. The van der Waals surface area contributed by atoms with Gasteiger partial charge in [0.05, 0.1) is 19.1 Å². The predicted octanol–water partition coefficient (Wildman–Crippen LogP) is 0.730. The highest BCUT2D eigenvalue weighted by molar-refractivity contribution is 5.89. The third kappa shape index (κ3) is 4.68. The number of aromatic nitrogens is 2. The second kappa shape index (κ2) is 9.32. The molecule has 2 amide bonds. The summed E-state index contributed by atoms with van der Waals surface area (Å²) in [5, 5.41) is 0. The summed E-state index contributed by atoms with van der Waals surface area (Å²) in [6.45, 7) is 4.50. The van der Waals surface area contributed by atoms with Gasteiger partial charge in [-0.25, -0.2) is 4.98 Å². The van der Waals surface area contributed by atoms with Gasteiger partial charge in [0.15, 0.2) is 0 Å². The van der Waals surface area contributed by atoms with E-state index in [4.69, 9.17) is 9.47 Å². The van der Waals surface area contributed by atoms with Gasteiger partial charge < -0.3 is 23.8 Å². The molecule has 150 valence electrons. The van der Waals surface area contributed by atoms with E-state index in [-0.39, 0.29) is 17.7 Å². The molecule has 3 heterocycles. The van der Waals surface area contributed by atoms with Crippen molar-refractivity contribution in [2.45, 2.75) is 31.7 Å². The predicted molar refractivity (Wildman–Crippen MR) is 99.2 cm³/mol. The highest BCUT2D eigenvalue weighted by Gasteiger charge is 2.37. The van der Waals surface area contributed by atoms with Crippen molar-refractivity contribution >= 4 is 11.8 Å². The second-order valence-corrected chi connectivity index (χ2v) is 7.30. The van der Waals surface area contributed by atoms with Crippen LogP contribution < -0.4 is 0 Å². The van der Waals surface area contributed by atoms with Gasteiger partial charge in [0.25, 0.3) is 0 Å². The van der Waals surface area contributed by atoms with Crippen molar-refractivity contribution in [2.75, 3.05) is 53.6 Å². The van der Waals surface area contributed by atoms with Crippen molar-refractivity contribution in [2.24, 2.45) is 5.92 Å². The van der Waals surface area contributed by atoms with Gasteiger partial charge in [-0.3, -0.25) is 9.59 Å². The van der Waals surface area contributed by atoms with Gasteiger partial charge in [0.1, 0.15) is 5.82 Å². The molecule has 0 bridgehead atoms. The molecule has 1 aromatic heterocycles. The first-order valence-electron chi connectivity index (χ1n) is 9.69. The molecule has 3 rings (SSSR count). The molecule has 0 spiro atoms. The second-order valence-electron chi connectivity index (χ2n) is 7.30. The van der Waals surface area contributed by atoms with Crippen LogP contribution >= 0.6 is 0 Å². The van der Waals surface area contributed by atoms with Crippen molar-refractivity contribution in [3.05, 3.63) is 18.2 Å². The lowest BCUT2D eigenvalue weighted by molar-refractivity contribution is -0.136. The fourth-order valence-electron chi connectivity index (χ4n) is 4.03. The van der Waals surface area contributed by atoms with Gasteiger partial charge in [-0.2, -0.15) is 0 Å². The molecule has 27 heavy (non-hydrogen) atoms. The minimum absolute atomic E-state index is 0.0560. The van der Waals surface area contributed by atoms with E-state index in [1.807, 2.05) is 17.3 Å². The number of nitrogens with zero attached hydrogens (tertiary/aromatic N) is 4. The molecule has 8 nitrogen and oxygen atoms in total. The average molecular weight is 378 g/mol. The lowest BCUT2D eigenvalue weighted by Crippen LogP contribution is -2.42. The summed E-state index contributed by atoms with van der Waals surface area (Å²) in [7, 11) is 3.32. The maximum absolute atomic E-state index is 12.8. The van der Waals surface area contributed by atoms with E-state index >= 15 is 0 Å². The standard InChI is InChI=1S/C19H30N4O4/c1-26-11-9-21-8-5-20-18(21)15-3-6-22(7-4-15)19(25)16-13-17(24)23(14-16)10-12-27-2/h5,8,15-16H,3-4,6-7,9-14H2,1-2H3/t16-/m1/s1. The number of amides is 2. The first-order chi connectivity index (χ1) is 13.1. The van der Waals surface area contributed by atoms with Crippen molar-refractivity contribution in [3.8, 4) is 0 Å². The molecule has 2 saturated heterocycles. The molecule has 0 N–H and O–H groups in total. The fraction of sp³-hybridized carbons (Fsp3) is 0.737. The average Bonchev–Trinajstić information content (AvgIpc) is 3.30. The van der Waals surface area contributed by atoms with E-state index < -0.39 is 0 Å². The molecule has 0 saturated carbocycles. The Morgan fingerprint density at radius 3 is 2.59 bits per heavy atom. The summed E-state index contributed by atoms with van der Waals surface area (Å²) in [6.07, 6.45) is 5.96. The summed E-state index contributed by atoms with van der Waals surface area (Å²) < 4.78 is 12.4. The van der Waals surface area contributed by atoms with E-state index in [0.29, 0.717) is 38.6 Å².